The number of amides is 3. The van der Waals surface area contributed by atoms with Gasteiger partial charge in [0.25, 0.3) is 5.91 Å². The van der Waals surface area contributed by atoms with Crippen LogP contribution in [0.15, 0.2) is 18.2 Å². The zero-order valence-electron chi connectivity index (χ0n) is 12.7. The molecule has 2 rings (SSSR count). The zero-order valence-corrected chi connectivity index (χ0v) is 12.7. The van der Waals surface area contributed by atoms with E-state index in [1.54, 1.807) is 19.9 Å². The van der Waals surface area contributed by atoms with Gasteiger partial charge in [0.1, 0.15) is 0 Å². The molecule has 22 heavy (non-hydrogen) atoms. The molecule has 0 heterocycles. The van der Waals surface area contributed by atoms with Crippen LogP contribution in [0.2, 0.25) is 0 Å². The van der Waals surface area contributed by atoms with E-state index in [0.29, 0.717) is 5.56 Å². The number of aryl methyl sites for hydroxylation is 2. The Morgan fingerprint density at radius 3 is 2.50 bits per heavy atom. The maximum atomic E-state index is 12.2. The number of fused-ring (bicyclic) bond motifs is 1. The lowest BCUT2D eigenvalue weighted by atomic mass is 10.1. The number of primary amides is 1. The van der Waals surface area contributed by atoms with Crippen molar-refractivity contribution in [3.8, 4) is 0 Å². The van der Waals surface area contributed by atoms with Crippen molar-refractivity contribution in [2.45, 2.75) is 39.2 Å². The summed E-state index contributed by atoms with van der Waals surface area (Å²) in [5.74, 6) is -1.57. The Hall–Kier alpha value is -2.37. The maximum absolute atomic E-state index is 12.2. The van der Waals surface area contributed by atoms with Crippen molar-refractivity contribution in [3.63, 3.8) is 0 Å². The molecular formula is C16H20N2O4. The largest absolute Gasteiger partial charge is 0.448 e. The first-order valence-electron chi connectivity index (χ1n) is 7.31. The monoisotopic (exact) mass is 304 g/mol. The summed E-state index contributed by atoms with van der Waals surface area (Å²) in [6, 6.07) is 4.47. The number of urea groups is 1. The molecule has 0 fully saturated rings. The third kappa shape index (κ3) is 3.63. The summed E-state index contributed by atoms with van der Waals surface area (Å²) < 4.78 is 5.26. The van der Waals surface area contributed by atoms with Gasteiger partial charge in [-0.3, -0.25) is 10.1 Å². The van der Waals surface area contributed by atoms with Crippen LogP contribution in [0, 0.1) is 5.92 Å². The Labute approximate surface area is 129 Å². The van der Waals surface area contributed by atoms with E-state index in [4.69, 9.17) is 10.5 Å². The number of benzene rings is 1. The molecular weight excluding hydrogens is 284 g/mol. The Balaban J connectivity index is 2.11. The van der Waals surface area contributed by atoms with E-state index in [-0.39, 0.29) is 5.92 Å². The molecule has 1 aliphatic rings. The molecule has 0 saturated carbocycles. The molecule has 0 bridgehead atoms. The van der Waals surface area contributed by atoms with Crippen molar-refractivity contribution >= 4 is 17.9 Å². The van der Waals surface area contributed by atoms with E-state index in [2.05, 4.69) is 0 Å². The minimum absolute atomic E-state index is 0.280. The van der Waals surface area contributed by atoms with Crippen molar-refractivity contribution in [3.05, 3.63) is 34.9 Å². The second-order valence-electron chi connectivity index (χ2n) is 5.76. The van der Waals surface area contributed by atoms with Crippen LogP contribution >= 0.6 is 0 Å². The second kappa shape index (κ2) is 6.60. The van der Waals surface area contributed by atoms with Gasteiger partial charge in [0.15, 0.2) is 6.10 Å². The number of hydrogen-bond acceptors (Lipinski definition) is 4. The lowest BCUT2D eigenvalue weighted by molar-refractivity contribution is -0.130. The molecule has 1 aromatic carbocycles. The minimum Gasteiger partial charge on any atom is -0.448 e. The molecule has 0 spiro atoms. The number of imide groups is 1. The highest BCUT2D eigenvalue weighted by atomic mass is 16.5. The smallest absolute Gasteiger partial charge is 0.338 e. The Morgan fingerprint density at radius 2 is 1.86 bits per heavy atom. The summed E-state index contributed by atoms with van der Waals surface area (Å²) in [5, 5.41) is 1.95. The van der Waals surface area contributed by atoms with Gasteiger partial charge in [0, 0.05) is 0 Å². The van der Waals surface area contributed by atoms with E-state index in [1.165, 1.54) is 5.56 Å². The highest BCUT2D eigenvalue weighted by molar-refractivity contribution is 5.98. The highest BCUT2D eigenvalue weighted by Gasteiger charge is 2.28. The minimum atomic E-state index is -1.06. The average Bonchev–Trinajstić information content (AvgIpc) is 2.90. The molecule has 0 radical (unpaired) electrons. The molecule has 118 valence electrons. The van der Waals surface area contributed by atoms with E-state index in [0.717, 1.165) is 24.8 Å². The predicted molar refractivity (Wildman–Crippen MR) is 80.2 cm³/mol. The molecule has 3 amide bonds. The van der Waals surface area contributed by atoms with Gasteiger partial charge in [-0.15, -0.1) is 0 Å². The lowest BCUT2D eigenvalue weighted by Gasteiger charge is -2.20. The summed E-state index contributed by atoms with van der Waals surface area (Å²) in [6.07, 6.45) is 2.00. The molecule has 1 aromatic rings. The third-order valence-electron chi connectivity index (χ3n) is 3.68. The van der Waals surface area contributed by atoms with Crippen LogP contribution in [0.3, 0.4) is 0 Å². The molecule has 0 aliphatic heterocycles. The van der Waals surface area contributed by atoms with Gasteiger partial charge in [0.05, 0.1) is 5.56 Å². The van der Waals surface area contributed by atoms with Crippen LogP contribution < -0.4 is 11.1 Å². The SMILES string of the molecule is CC(C)[C@@H](OC(=O)c1ccc2c(c1)CCC2)C(=O)NC(N)=O. The average molecular weight is 304 g/mol. The van der Waals surface area contributed by atoms with Gasteiger partial charge in [-0.2, -0.15) is 0 Å². The van der Waals surface area contributed by atoms with Crippen LogP contribution in [0.5, 0.6) is 0 Å². The van der Waals surface area contributed by atoms with Crippen molar-refractivity contribution in [1.29, 1.82) is 0 Å². The predicted octanol–water partition coefficient (Wildman–Crippen LogP) is 1.55. The van der Waals surface area contributed by atoms with Crippen LogP contribution in [-0.2, 0) is 22.4 Å². The lowest BCUT2D eigenvalue weighted by Crippen LogP contribution is -2.45. The molecule has 0 unspecified atom stereocenters. The van der Waals surface area contributed by atoms with E-state index >= 15 is 0 Å². The molecule has 1 aliphatic carbocycles. The van der Waals surface area contributed by atoms with Crippen molar-refractivity contribution in [1.82, 2.24) is 5.32 Å². The fourth-order valence-corrected chi connectivity index (χ4v) is 2.57. The summed E-state index contributed by atoms with van der Waals surface area (Å²) in [7, 11) is 0. The van der Waals surface area contributed by atoms with Gasteiger partial charge >= 0.3 is 12.0 Å². The zero-order chi connectivity index (χ0) is 16.3. The van der Waals surface area contributed by atoms with Crippen LogP contribution in [0.4, 0.5) is 4.79 Å². The number of hydrogen-bond donors (Lipinski definition) is 2. The number of rotatable bonds is 4. The number of esters is 1. The first kappa shape index (κ1) is 16.0. The van der Waals surface area contributed by atoms with Gasteiger partial charge in [-0.1, -0.05) is 19.9 Å². The topological polar surface area (TPSA) is 98.5 Å². The first-order chi connectivity index (χ1) is 10.4. The molecule has 0 saturated heterocycles. The Bertz CT molecular complexity index is 610. The third-order valence-corrected chi connectivity index (χ3v) is 3.68. The van der Waals surface area contributed by atoms with Gasteiger partial charge < -0.3 is 10.5 Å². The number of carbonyl (C=O) groups is 3. The molecule has 1 atom stereocenters. The van der Waals surface area contributed by atoms with Crippen LogP contribution in [0.1, 0.15) is 41.8 Å². The summed E-state index contributed by atoms with van der Waals surface area (Å²) in [5.41, 5.74) is 7.74. The Kier molecular flexibility index (Phi) is 4.80. The van der Waals surface area contributed by atoms with E-state index < -0.39 is 24.0 Å². The molecule has 3 N–H and O–H groups in total. The Morgan fingerprint density at radius 1 is 1.18 bits per heavy atom. The van der Waals surface area contributed by atoms with Crippen molar-refractivity contribution < 1.29 is 19.1 Å². The number of ether oxygens (including phenoxy) is 1. The van der Waals surface area contributed by atoms with Crippen LogP contribution in [0.25, 0.3) is 0 Å². The number of nitrogens with one attached hydrogen (secondary N) is 1. The second-order valence-corrected chi connectivity index (χ2v) is 5.76. The number of carbonyl (C=O) groups excluding carboxylic acids is 3. The molecule has 0 aromatic heterocycles. The summed E-state index contributed by atoms with van der Waals surface area (Å²) in [4.78, 5) is 34.9. The summed E-state index contributed by atoms with van der Waals surface area (Å²) in [6.45, 7) is 3.45. The fourth-order valence-electron chi connectivity index (χ4n) is 2.57. The molecule has 6 nitrogen and oxygen atoms in total. The van der Waals surface area contributed by atoms with Gasteiger partial charge in [0.2, 0.25) is 0 Å². The number of nitrogens with two attached hydrogens (primary N) is 1. The molecule has 6 heteroatoms. The van der Waals surface area contributed by atoms with E-state index in [1.807, 2.05) is 17.4 Å². The maximum Gasteiger partial charge on any atom is 0.338 e. The van der Waals surface area contributed by atoms with Crippen molar-refractivity contribution in [2.75, 3.05) is 0 Å². The highest BCUT2D eigenvalue weighted by Crippen LogP contribution is 2.23. The summed E-state index contributed by atoms with van der Waals surface area (Å²) >= 11 is 0. The normalized spacial score (nSPS) is 14.3. The van der Waals surface area contributed by atoms with Crippen LogP contribution in [-0.4, -0.2) is 24.0 Å². The first-order valence-corrected chi connectivity index (χ1v) is 7.31. The fraction of sp³-hybridized carbons (Fsp3) is 0.438. The van der Waals surface area contributed by atoms with E-state index in [9.17, 15) is 14.4 Å². The standard InChI is InChI=1S/C16H20N2O4/c1-9(2)13(14(19)18-16(17)21)22-15(20)12-7-6-10-4-3-5-11(10)8-12/h6-9,13H,3-5H2,1-2H3,(H3,17,18,19,21)/t13-/m1/s1. The van der Waals surface area contributed by atoms with Crippen molar-refractivity contribution in [2.24, 2.45) is 11.7 Å². The van der Waals surface area contributed by atoms with Gasteiger partial charge in [-0.05, 0) is 48.4 Å². The quantitative estimate of drug-likeness (QED) is 0.824. The van der Waals surface area contributed by atoms with Gasteiger partial charge in [-0.25, -0.2) is 9.59 Å².